The average molecular weight is 477 g/mol. The Balaban J connectivity index is 2.04. The van der Waals surface area contributed by atoms with Crippen molar-refractivity contribution < 1.29 is 13.2 Å². The van der Waals surface area contributed by atoms with Crippen molar-refractivity contribution in [2.75, 3.05) is 44.6 Å². The van der Waals surface area contributed by atoms with Crippen molar-refractivity contribution in [3.8, 4) is 0 Å². The molecule has 0 bridgehead atoms. The van der Waals surface area contributed by atoms with Crippen molar-refractivity contribution in [1.29, 1.82) is 0 Å². The first kappa shape index (κ1) is 25.7. The molecule has 31 heavy (non-hydrogen) atoms. The first-order valence-electron chi connectivity index (χ1n) is 10.3. The highest BCUT2D eigenvalue weighted by Crippen LogP contribution is 2.26. The van der Waals surface area contributed by atoms with Crippen LogP contribution in [0.4, 0.5) is 18.9 Å². The smallest absolute Gasteiger partial charge is 0.150 e. The van der Waals surface area contributed by atoms with Crippen LogP contribution in [-0.4, -0.2) is 49.1 Å². The summed E-state index contributed by atoms with van der Waals surface area (Å²) >= 11 is 12.0. The quantitative estimate of drug-likeness (QED) is 0.417. The Hall–Kier alpha value is -1.51. The molecule has 0 spiro atoms. The van der Waals surface area contributed by atoms with Crippen LogP contribution in [0.15, 0.2) is 24.3 Å². The molecule has 0 aliphatic carbocycles. The second kappa shape index (κ2) is 12.5. The highest BCUT2D eigenvalue weighted by molar-refractivity contribution is 6.31. The molecule has 0 atom stereocenters. The molecule has 172 valence electrons. The van der Waals surface area contributed by atoms with Crippen LogP contribution in [0.25, 0.3) is 0 Å². The van der Waals surface area contributed by atoms with Crippen molar-refractivity contribution in [2.24, 2.45) is 5.73 Å². The predicted molar refractivity (Wildman–Crippen MR) is 122 cm³/mol. The Bertz CT molecular complexity index is 867. The van der Waals surface area contributed by atoms with Crippen LogP contribution < -0.4 is 11.1 Å². The van der Waals surface area contributed by atoms with Crippen LogP contribution >= 0.6 is 23.2 Å². The van der Waals surface area contributed by atoms with Crippen molar-refractivity contribution in [3.63, 3.8) is 0 Å². The zero-order valence-corrected chi connectivity index (χ0v) is 19.3. The fourth-order valence-corrected chi connectivity index (χ4v) is 3.71. The van der Waals surface area contributed by atoms with E-state index in [0.29, 0.717) is 55.5 Å². The van der Waals surface area contributed by atoms with E-state index in [1.165, 1.54) is 12.1 Å². The summed E-state index contributed by atoms with van der Waals surface area (Å²) < 4.78 is 43.2. The van der Waals surface area contributed by atoms with Gasteiger partial charge >= 0.3 is 0 Å². The van der Waals surface area contributed by atoms with E-state index in [4.69, 9.17) is 28.9 Å². The standard InChI is InChI=1S/C22H29Cl2F3N4/c1-3-30(9-7-28)13-15-11-16(23)12-20(21(15)26)29-8-10-31(4-2)14-17-19(25)6-5-18(24)22(17)27/h5-6,11-12,29H,3-4,7-10,13-14,28H2,1-2H3. The molecular weight excluding hydrogens is 448 g/mol. The number of nitrogens with one attached hydrogen (secondary N) is 1. The number of halogens is 5. The fourth-order valence-electron chi connectivity index (χ4n) is 3.30. The lowest BCUT2D eigenvalue weighted by Gasteiger charge is -2.23. The maximum atomic E-state index is 15.0. The summed E-state index contributed by atoms with van der Waals surface area (Å²) in [5, 5.41) is 3.36. The zero-order chi connectivity index (χ0) is 23.0. The molecule has 2 aromatic carbocycles. The molecule has 2 aromatic rings. The van der Waals surface area contributed by atoms with Crippen LogP contribution in [0, 0.1) is 17.5 Å². The van der Waals surface area contributed by atoms with Crippen molar-refractivity contribution in [3.05, 3.63) is 62.9 Å². The molecule has 0 radical (unpaired) electrons. The lowest BCUT2D eigenvalue weighted by Crippen LogP contribution is -2.30. The normalized spacial score (nSPS) is 11.5. The van der Waals surface area contributed by atoms with Gasteiger partial charge in [-0.05, 0) is 37.4 Å². The summed E-state index contributed by atoms with van der Waals surface area (Å²) in [6.45, 7) is 7.60. The van der Waals surface area contributed by atoms with Gasteiger partial charge in [-0.1, -0.05) is 37.0 Å². The molecular formula is C22H29Cl2F3N4. The highest BCUT2D eigenvalue weighted by Gasteiger charge is 2.17. The van der Waals surface area contributed by atoms with Gasteiger partial charge in [0, 0.05) is 55.4 Å². The Morgan fingerprint density at radius 2 is 1.61 bits per heavy atom. The predicted octanol–water partition coefficient (Wildman–Crippen LogP) is 5.13. The number of rotatable bonds is 12. The SMILES string of the molecule is CCN(CCN)Cc1cc(Cl)cc(NCCN(CC)Cc2c(F)ccc(Cl)c2F)c1F. The number of hydrogen-bond donors (Lipinski definition) is 2. The molecule has 0 saturated carbocycles. The molecule has 0 unspecified atom stereocenters. The van der Waals surface area contributed by atoms with Crippen LogP contribution in [0.2, 0.25) is 10.0 Å². The van der Waals surface area contributed by atoms with Crippen molar-refractivity contribution in [2.45, 2.75) is 26.9 Å². The highest BCUT2D eigenvalue weighted by atomic mass is 35.5. The Morgan fingerprint density at radius 3 is 2.26 bits per heavy atom. The molecule has 0 aliphatic heterocycles. The van der Waals surface area contributed by atoms with Crippen LogP contribution in [-0.2, 0) is 13.1 Å². The minimum atomic E-state index is -0.753. The van der Waals surface area contributed by atoms with E-state index in [2.05, 4.69) is 5.32 Å². The molecule has 2 rings (SSSR count). The number of hydrogen-bond acceptors (Lipinski definition) is 4. The lowest BCUT2D eigenvalue weighted by atomic mass is 10.1. The average Bonchev–Trinajstić information content (AvgIpc) is 2.75. The molecule has 0 fully saturated rings. The van der Waals surface area contributed by atoms with Crippen molar-refractivity contribution >= 4 is 28.9 Å². The van der Waals surface area contributed by atoms with Crippen LogP contribution in [0.3, 0.4) is 0 Å². The monoisotopic (exact) mass is 476 g/mol. The summed E-state index contributed by atoms with van der Waals surface area (Å²) in [6, 6.07) is 5.50. The first-order chi connectivity index (χ1) is 14.8. The van der Waals surface area contributed by atoms with Gasteiger partial charge in [0.05, 0.1) is 10.7 Å². The fraction of sp³-hybridized carbons (Fsp3) is 0.455. The van der Waals surface area contributed by atoms with E-state index >= 15 is 0 Å². The van der Waals surface area contributed by atoms with E-state index in [1.54, 1.807) is 6.07 Å². The number of nitrogens with two attached hydrogens (primary N) is 1. The van der Waals surface area contributed by atoms with Gasteiger partial charge < -0.3 is 11.1 Å². The third kappa shape index (κ3) is 7.26. The first-order valence-corrected chi connectivity index (χ1v) is 11.0. The largest absolute Gasteiger partial charge is 0.381 e. The molecule has 0 aromatic heterocycles. The van der Waals surface area contributed by atoms with E-state index < -0.39 is 11.6 Å². The van der Waals surface area contributed by atoms with Gasteiger partial charge in [0.2, 0.25) is 0 Å². The van der Waals surface area contributed by atoms with Gasteiger partial charge in [0.25, 0.3) is 0 Å². The zero-order valence-electron chi connectivity index (χ0n) is 17.8. The number of nitrogens with zero attached hydrogens (tertiary/aromatic N) is 2. The van der Waals surface area contributed by atoms with E-state index in [1.807, 2.05) is 23.6 Å². The summed E-state index contributed by atoms with van der Waals surface area (Å²) in [4.78, 5) is 3.87. The van der Waals surface area contributed by atoms with Gasteiger partial charge in [-0.2, -0.15) is 0 Å². The lowest BCUT2D eigenvalue weighted by molar-refractivity contribution is 0.281. The van der Waals surface area contributed by atoms with E-state index in [-0.39, 0.29) is 22.9 Å². The maximum absolute atomic E-state index is 15.0. The third-order valence-corrected chi connectivity index (χ3v) is 5.62. The molecule has 0 heterocycles. The molecule has 9 heteroatoms. The van der Waals surface area contributed by atoms with Gasteiger partial charge in [0.1, 0.15) is 11.6 Å². The topological polar surface area (TPSA) is 44.5 Å². The van der Waals surface area contributed by atoms with E-state index in [9.17, 15) is 13.2 Å². The summed E-state index contributed by atoms with van der Waals surface area (Å²) in [7, 11) is 0. The summed E-state index contributed by atoms with van der Waals surface area (Å²) in [5.74, 6) is -1.76. The Labute approximate surface area is 192 Å². The second-order valence-electron chi connectivity index (χ2n) is 7.20. The van der Waals surface area contributed by atoms with Gasteiger partial charge in [-0.25, -0.2) is 13.2 Å². The molecule has 3 N–H and O–H groups in total. The molecule has 0 aliphatic rings. The minimum Gasteiger partial charge on any atom is -0.381 e. The van der Waals surface area contributed by atoms with Crippen LogP contribution in [0.1, 0.15) is 25.0 Å². The summed E-state index contributed by atoms with van der Waals surface area (Å²) in [5.41, 5.74) is 6.32. The van der Waals surface area contributed by atoms with Gasteiger partial charge in [0.15, 0.2) is 5.82 Å². The molecule has 0 saturated heterocycles. The second-order valence-corrected chi connectivity index (χ2v) is 8.04. The van der Waals surface area contributed by atoms with Gasteiger partial charge in [-0.3, -0.25) is 9.80 Å². The maximum Gasteiger partial charge on any atom is 0.150 e. The number of likely N-dealkylation sites (N-methyl/N-ethyl adjacent to an activating group) is 2. The van der Waals surface area contributed by atoms with Crippen LogP contribution in [0.5, 0.6) is 0 Å². The number of benzene rings is 2. The summed E-state index contributed by atoms with van der Waals surface area (Å²) in [6.07, 6.45) is 0. The Morgan fingerprint density at radius 1 is 0.935 bits per heavy atom. The molecule has 0 amide bonds. The third-order valence-electron chi connectivity index (χ3n) is 5.11. The van der Waals surface area contributed by atoms with Gasteiger partial charge in [-0.15, -0.1) is 0 Å². The van der Waals surface area contributed by atoms with E-state index in [0.717, 1.165) is 12.6 Å². The minimum absolute atomic E-state index is 0.0598. The van der Waals surface area contributed by atoms with Crippen molar-refractivity contribution in [1.82, 2.24) is 9.80 Å². The Kier molecular flexibility index (Phi) is 10.4. The number of anilines is 1. The molecule has 4 nitrogen and oxygen atoms in total.